The molecule has 0 saturated carbocycles. The minimum Gasteiger partial charge on any atom is -0.485 e. The molecular weight excluding hydrogens is 368 g/mol. The number of nitrogens with zero attached hydrogens (tertiary/aromatic N) is 1. The molecule has 148 valence electrons. The van der Waals surface area contributed by atoms with Gasteiger partial charge in [-0.1, -0.05) is 60.7 Å². The number of ketones is 1. The summed E-state index contributed by atoms with van der Waals surface area (Å²) in [6.07, 6.45) is 0. The van der Waals surface area contributed by atoms with Gasteiger partial charge in [0, 0.05) is 21.4 Å². The maximum atomic E-state index is 12.5. The zero-order chi connectivity index (χ0) is 21.3. The van der Waals surface area contributed by atoms with Crippen molar-refractivity contribution in [2.45, 2.75) is 20.1 Å². The van der Waals surface area contributed by atoms with Crippen LogP contribution in [0, 0.1) is 0 Å². The minimum atomic E-state index is -0.610. The fraction of sp³-hybridized carbons (Fsp3) is 0.174. The van der Waals surface area contributed by atoms with E-state index in [9.17, 15) is 9.59 Å². The highest BCUT2D eigenvalue weighted by atomic mass is 16.5. The third kappa shape index (κ3) is 5.19. The SMILES string of the molecule is [3H]CNC(=O)c1nc(C(C)=O)cc(OCc2ccccc2)c1OCc1ccccc1. The van der Waals surface area contributed by atoms with E-state index in [0.717, 1.165) is 11.1 Å². The molecule has 0 aliphatic heterocycles. The molecule has 1 amide bonds. The Hall–Kier alpha value is -3.67. The molecule has 1 heterocycles. The van der Waals surface area contributed by atoms with Gasteiger partial charge < -0.3 is 14.8 Å². The van der Waals surface area contributed by atoms with E-state index in [0.29, 0.717) is 0 Å². The lowest BCUT2D eigenvalue weighted by atomic mass is 10.2. The number of hydrogen-bond acceptors (Lipinski definition) is 5. The van der Waals surface area contributed by atoms with E-state index in [1.807, 2.05) is 60.7 Å². The topological polar surface area (TPSA) is 77.5 Å². The van der Waals surface area contributed by atoms with Gasteiger partial charge in [0.1, 0.15) is 18.9 Å². The monoisotopic (exact) mass is 392 g/mol. The van der Waals surface area contributed by atoms with Crippen LogP contribution in [-0.4, -0.2) is 23.7 Å². The van der Waals surface area contributed by atoms with Gasteiger partial charge >= 0.3 is 0 Å². The van der Waals surface area contributed by atoms with Gasteiger partial charge in [-0.15, -0.1) is 0 Å². The van der Waals surface area contributed by atoms with Gasteiger partial charge in [-0.3, -0.25) is 9.59 Å². The van der Waals surface area contributed by atoms with Gasteiger partial charge in [0.25, 0.3) is 5.91 Å². The lowest BCUT2D eigenvalue weighted by molar-refractivity contribution is 0.0951. The average Bonchev–Trinajstić information content (AvgIpc) is 2.77. The Morgan fingerprint density at radius 2 is 1.55 bits per heavy atom. The quantitative estimate of drug-likeness (QED) is 0.590. The summed E-state index contributed by atoms with van der Waals surface area (Å²) in [6.45, 7) is 1.77. The molecule has 6 nitrogen and oxygen atoms in total. The molecule has 0 aliphatic rings. The summed E-state index contributed by atoms with van der Waals surface area (Å²) in [4.78, 5) is 28.7. The number of carbonyl (C=O) groups excluding carboxylic acids is 2. The number of aromatic nitrogens is 1. The first-order chi connectivity index (χ1) is 14.6. The highest BCUT2D eigenvalue weighted by Crippen LogP contribution is 2.33. The van der Waals surface area contributed by atoms with Crippen LogP contribution in [0.3, 0.4) is 0 Å². The van der Waals surface area contributed by atoms with Gasteiger partial charge in [0.2, 0.25) is 0 Å². The summed E-state index contributed by atoms with van der Waals surface area (Å²) < 4.78 is 19.1. The van der Waals surface area contributed by atoms with Crippen LogP contribution in [0.4, 0.5) is 0 Å². The number of carbonyl (C=O) groups is 2. The van der Waals surface area contributed by atoms with E-state index in [1.54, 1.807) is 0 Å². The summed E-state index contributed by atoms with van der Waals surface area (Å²) in [6, 6.07) is 20.4. The molecule has 3 rings (SSSR count). The van der Waals surface area contributed by atoms with Crippen LogP contribution in [0.2, 0.25) is 0 Å². The van der Waals surface area contributed by atoms with Crippen LogP contribution in [0.5, 0.6) is 11.5 Å². The maximum absolute atomic E-state index is 12.5. The van der Waals surface area contributed by atoms with Crippen molar-refractivity contribution in [3.63, 3.8) is 0 Å². The van der Waals surface area contributed by atoms with Gasteiger partial charge in [0.05, 0.1) is 0 Å². The first kappa shape index (κ1) is 18.7. The molecule has 0 unspecified atom stereocenters. The van der Waals surface area contributed by atoms with E-state index >= 15 is 0 Å². The Labute approximate surface area is 170 Å². The van der Waals surface area contributed by atoms with Crippen molar-refractivity contribution in [1.82, 2.24) is 10.3 Å². The fourth-order valence-electron chi connectivity index (χ4n) is 2.64. The Bertz CT molecular complexity index is 1010. The maximum Gasteiger partial charge on any atom is 0.273 e. The predicted molar refractivity (Wildman–Crippen MR) is 109 cm³/mol. The van der Waals surface area contributed by atoms with Gasteiger partial charge in [0.15, 0.2) is 23.0 Å². The highest BCUT2D eigenvalue weighted by Gasteiger charge is 2.22. The van der Waals surface area contributed by atoms with Crippen molar-refractivity contribution >= 4 is 11.7 Å². The van der Waals surface area contributed by atoms with Gasteiger partial charge in [-0.2, -0.15) is 0 Å². The van der Waals surface area contributed by atoms with E-state index in [2.05, 4.69) is 10.3 Å². The summed E-state index contributed by atoms with van der Waals surface area (Å²) in [5.41, 5.74) is 1.81. The van der Waals surface area contributed by atoms with Crippen molar-refractivity contribution in [2.24, 2.45) is 0 Å². The van der Waals surface area contributed by atoms with E-state index in [4.69, 9.17) is 10.8 Å². The van der Waals surface area contributed by atoms with E-state index in [-0.39, 0.29) is 48.9 Å². The smallest absolute Gasteiger partial charge is 0.273 e. The second kappa shape index (κ2) is 9.50. The third-order valence-corrected chi connectivity index (χ3v) is 4.14. The zero-order valence-corrected chi connectivity index (χ0v) is 16.1. The molecule has 1 aromatic heterocycles. The average molecular weight is 392 g/mol. The van der Waals surface area contributed by atoms with Crippen LogP contribution in [0.25, 0.3) is 0 Å². The van der Waals surface area contributed by atoms with Crippen LogP contribution in [0.1, 0.15) is 40.4 Å². The molecule has 6 heteroatoms. The number of rotatable bonds is 8. The largest absolute Gasteiger partial charge is 0.485 e. The molecule has 0 atom stereocenters. The van der Waals surface area contributed by atoms with Crippen LogP contribution >= 0.6 is 0 Å². The summed E-state index contributed by atoms with van der Waals surface area (Å²) in [7, 11) is -0.330. The molecule has 1 N–H and O–H groups in total. The summed E-state index contributed by atoms with van der Waals surface area (Å²) in [5, 5.41) is 2.39. The predicted octanol–water partition coefficient (Wildman–Crippen LogP) is 3.80. The number of pyridine rings is 1. The Kier molecular flexibility index (Phi) is 6.12. The molecule has 0 saturated heterocycles. The second-order valence-corrected chi connectivity index (χ2v) is 6.29. The number of Topliss-reactive ketones (excluding diaryl/α,β-unsaturated/α-hetero) is 1. The first-order valence-corrected chi connectivity index (χ1v) is 9.05. The van der Waals surface area contributed by atoms with Crippen molar-refractivity contribution in [3.8, 4) is 11.5 Å². The van der Waals surface area contributed by atoms with E-state index < -0.39 is 5.91 Å². The highest BCUT2D eigenvalue weighted by molar-refractivity contribution is 5.99. The van der Waals surface area contributed by atoms with Gasteiger partial charge in [-0.25, -0.2) is 4.98 Å². The van der Waals surface area contributed by atoms with Crippen LogP contribution in [0.15, 0.2) is 66.7 Å². The normalized spacial score (nSPS) is 10.7. The third-order valence-electron chi connectivity index (χ3n) is 4.14. The van der Waals surface area contributed by atoms with E-state index in [1.165, 1.54) is 13.0 Å². The minimum absolute atomic E-state index is 0.0836. The number of ether oxygens (including phenoxy) is 2. The Morgan fingerprint density at radius 3 is 2.10 bits per heavy atom. The summed E-state index contributed by atoms with van der Waals surface area (Å²) in [5.74, 6) is -0.550. The zero-order valence-electron chi connectivity index (χ0n) is 17.1. The fourth-order valence-corrected chi connectivity index (χ4v) is 2.64. The molecule has 0 fully saturated rings. The summed E-state index contributed by atoms with van der Waals surface area (Å²) >= 11 is 0. The van der Waals surface area contributed by atoms with Crippen LogP contribution < -0.4 is 14.8 Å². The standard InChI is InChI=1S/C23H22N2O4/c1-16(26)19-13-20(28-14-17-9-5-3-6-10-17)22(21(25-19)23(27)24-2)29-15-18-11-7-4-8-12-18/h3-13H,14-15H2,1-2H3,(H,24,27)/i2T. The molecule has 0 bridgehead atoms. The van der Waals surface area contributed by atoms with Gasteiger partial charge in [-0.05, 0) is 11.1 Å². The van der Waals surface area contributed by atoms with Crippen molar-refractivity contribution in [1.29, 1.82) is 0 Å². The molecule has 0 aliphatic carbocycles. The number of nitrogens with one attached hydrogen (secondary N) is 1. The van der Waals surface area contributed by atoms with Crippen LogP contribution in [-0.2, 0) is 13.2 Å². The number of amides is 1. The lowest BCUT2D eigenvalue weighted by Crippen LogP contribution is -2.22. The molecule has 3 aromatic rings. The molecule has 0 radical (unpaired) electrons. The first-order valence-electron chi connectivity index (χ1n) is 9.76. The lowest BCUT2D eigenvalue weighted by Gasteiger charge is -2.16. The Morgan fingerprint density at radius 1 is 0.966 bits per heavy atom. The molecular formula is C23H22N2O4. The second-order valence-electron chi connectivity index (χ2n) is 6.29. The Balaban J connectivity index is 1.98. The number of hydrogen-bond donors (Lipinski definition) is 1. The van der Waals surface area contributed by atoms with Crippen molar-refractivity contribution in [3.05, 3.63) is 89.2 Å². The van der Waals surface area contributed by atoms with Crippen molar-refractivity contribution < 1.29 is 20.4 Å². The molecule has 29 heavy (non-hydrogen) atoms. The van der Waals surface area contributed by atoms with Crippen molar-refractivity contribution in [2.75, 3.05) is 7.02 Å². The molecule has 2 aromatic carbocycles. The number of benzene rings is 2. The molecule has 0 spiro atoms.